The van der Waals surface area contributed by atoms with Crippen LogP contribution in [0.15, 0.2) is 54.6 Å². The van der Waals surface area contributed by atoms with Gasteiger partial charge in [0.1, 0.15) is 0 Å². The van der Waals surface area contributed by atoms with Gasteiger partial charge in [-0.05, 0) is 69.0 Å². The van der Waals surface area contributed by atoms with E-state index < -0.39 is 5.97 Å². The van der Waals surface area contributed by atoms with Gasteiger partial charge < -0.3 is 10.4 Å². The molecule has 3 rings (SSSR count). The molecule has 1 atom stereocenters. The lowest BCUT2D eigenvalue weighted by atomic mass is 10.00. The van der Waals surface area contributed by atoms with Crippen LogP contribution in [0.3, 0.4) is 0 Å². The molecular weight excluding hydrogens is 400 g/mol. The quantitative estimate of drug-likeness (QED) is 0.548. The molecule has 172 valence electrons. The van der Waals surface area contributed by atoms with Crippen LogP contribution >= 0.6 is 0 Å². The molecule has 32 heavy (non-hydrogen) atoms. The second-order valence-corrected chi connectivity index (χ2v) is 8.24. The third-order valence-corrected chi connectivity index (χ3v) is 5.66. The van der Waals surface area contributed by atoms with Crippen LogP contribution in [0.2, 0.25) is 0 Å². The number of para-hydroxylation sites is 1. The summed E-state index contributed by atoms with van der Waals surface area (Å²) >= 11 is 0. The van der Waals surface area contributed by atoms with E-state index in [2.05, 4.69) is 43.1 Å². The number of amides is 1. The van der Waals surface area contributed by atoms with Gasteiger partial charge in [0.2, 0.25) is 5.91 Å². The van der Waals surface area contributed by atoms with E-state index in [1.54, 1.807) is 6.08 Å². The molecule has 1 fully saturated rings. The molecule has 1 amide bonds. The van der Waals surface area contributed by atoms with Gasteiger partial charge in [0.05, 0.1) is 6.04 Å². The Morgan fingerprint density at radius 1 is 1.06 bits per heavy atom. The third-order valence-electron chi connectivity index (χ3n) is 5.66. The van der Waals surface area contributed by atoms with Gasteiger partial charge in [0.25, 0.3) is 0 Å². The zero-order chi connectivity index (χ0) is 23.3. The van der Waals surface area contributed by atoms with E-state index in [0.717, 1.165) is 54.4 Å². The minimum absolute atomic E-state index is 0.0457. The minimum atomic E-state index is -0.922. The average molecular weight is 437 g/mol. The number of likely N-dealkylation sites (tertiary alicyclic amines) is 1. The van der Waals surface area contributed by atoms with Crippen LogP contribution in [0.1, 0.15) is 55.7 Å². The molecule has 0 unspecified atom stereocenters. The lowest BCUT2D eigenvalue weighted by Crippen LogP contribution is -2.47. The molecule has 1 saturated heterocycles. The van der Waals surface area contributed by atoms with Crippen LogP contribution in [0.25, 0.3) is 6.08 Å². The first-order valence-corrected chi connectivity index (χ1v) is 11.5. The molecule has 1 heterocycles. The third kappa shape index (κ3) is 8.31. The van der Waals surface area contributed by atoms with Gasteiger partial charge in [-0.3, -0.25) is 9.69 Å². The molecule has 0 bridgehead atoms. The number of benzene rings is 2. The summed E-state index contributed by atoms with van der Waals surface area (Å²) in [5.74, 6) is -0.753. The van der Waals surface area contributed by atoms with Gasteiger partial charge in [-0.15, -0.1) is 0 Å². The standard InChI is InChI=1S/C18H28N2O.C9H8O2/c1-4-5-12-20-13-7-6-11-16(20)18(21)19-17-14(2)9-8-10-15(17)3;10-9(11)7-6-8-4-2-1-3-5-8/h8-10,16H,4-7,11-13H2,1-3H3,(H,19,21);1-7H,(H,10,11)/t16-;/m0./s1. The fourth-order valence-corrected chi connectivity index (χ4v) is 3.87. The second-order valence-electron chi connectivity index (χ2n) is 8.24. The summed E-state index contributed by atoms with van der Waals surface area (Å²) in [4.78, 5) is 25.1. The van der Waals surface area contributed by atoms with Crippen LogP contribution in [0.5, 0.6) is 0 Å². The molecule has 0 aromatic heterocycles. The molecule has 2 aromatic rings. The fraction of sp³-hybridized carbons (Fsp3) is 0.407. The van der Waals surface area contributed by atoms with Gasteiger partial charge in [-0.1, -0.05) is 68.3 Å². The van der Waals surface area contributed by atoms with E-state index in [1.807, 2.05) is 36.4 Å². The number of hydrogen-bond acceptors (Lipinski definition) is 3. The van der Waals surface area contributed by atoms with Crippen LogP contribution in [0.4, 0.5) is 5.69 Å². The summed E-state index contributed by atoms with van der Waals surface area (Å²) in [6.45, 7) is 8.42. The van der Waals surface area contributed by atoms with Gasteiger partial charge in [0, 0.05) is 11.8 Å². The summed E-state index contributed by atoms with van der Waals surface area (Å²) < 4.78 is 0. The summed E-state index contributed by atoms with van der Waals surface area (Å²) in [5.41, 5.74) is 4.16. The summed E-state index contributed by atoms with van der Waals surface area (Å²) in [6.07, 6.45) is 8.40. The van der Waals surface area contributed by atoms with Crippen molar-refractivity contribution in [2.75, 3.05) is 18.4 Å². The van der Waals surface area contributed by atoms with E-state index in [1.165, 1.54) is 19.3 Å². The molecule has 0 saturated carbocycles. The Kier molecular flexibility index (Phi) is 10.7. The van der Waals surface area contributed by atoms with Gasteiger partial charge in [-0.25, -0.2) is 4.79 Å². The Balaban J connectivity index is 0.000000278. The van der Waals surface area contributed by atoms with Crippen molar-refractivity contribution in [2.45, 2.75) is 58.9 Å². The molecule has 0 spiro atoms. The van der Waals surface area contributed by atoms with Crippen molar-refractivity contribution >= 4 is 23.6 Å². The first-order chi connectivity index (χ1) is 15.4. The van der Waals surface area contributed by atoms with Crippen molar-refractivity contribution in [3.05, 3.63) is 71.3 Å². The predicted octanol–water partition coefficient (Wildman–Crippen LogP) is 5.68. The zero-order valence-electron chi connectivity index (χ0n) is 19.5. The van der Waals surface area contributed by atoms with Crippen molar-refractivity contribution in [2.24, 2.45) is 0 Å². The highest BCUT2D eigenvalue weighted by Crippen LogP contribution is 2.23. The number of hydrogen-bond donors (Lipinski definition) is 2. The maximum absolute atomic E-state index is 12.7. The normalized spacial score (nSPS) is 16.3. The van der Waals surface area contributed by atoms with Gasteiger partial charge in [0.15, 0.2) is 0 Å². The first kappa shape index (κ1) is 25.3. The number of aliphatic carboxylic acids is 1. The zero-order valence-corrected chi connectivity index (χ0v) is 19.5. The van der Waals surface area contributed by atoms with E-state index in [9.17, 15) is 9.59 Å². The lowest BCUT2D eigenvalue weighted by molar-refractivity contribution is -0.131. The number of aryl methyl sites for hydroxylation is 2. The van der Waals surface area contributed by atoms with Crippen molar-refractivity contribution in [3.8, 4) is 0 Å². The number of anilines is 1. The molecule has 0 aliphatic carbocycles. The van der Waals surface area contributed by atoms with Gasteiger partial charge >= 0.3 is 5.97 Å². The number of carbonyl (C=O) groups excluding carboxylic acids is 1. The Morgan fingerprint density at radius 2 is 1.75 bits per heavy atom. The largest absolute Gasteiger partial charge is 0.478 e. The average Bonchev–Trinajstić information content (AvgIpc) is 2.80. The highest BCUT2D eigenvalue weighted by Gasteiger charge is 2.28. The number of rotatable bonds is 7. The summed E-state index contributed by atoms with van der Waals surface area (Å²) in [6, 6.07) is 15.5. The number of unbranched alkanes of at least 4 members (excludes halogenated alkanes) is 1. The molecular formula is C27H36N2O3. The first-order valence-electron chi connectivity index (χ1n) is 11.5. The van der Waals surface area contributed by atoms with E-state index in [4.69, 9.17) is 5.11 Å². The number of nitrogens with zero attached hydrogens (tertiary/aromatic N) is 1. The maximum atomic E-state index is 12.7. The highest BCUT2D eigenvalue weighted by molar-refractivity contribution is 5.96. The Hall–Kier alpha value is -2.92. The molecule has 0 radical (unpaired) electrons. The SMILES string of the molecule is CCCCN1CCCC[C@H]1C(=O)Nc1c(C)cccc1C.O=C(O)C=Cc1ccccc1. The number of carboxylic acid groups (broad SMARTS) is 1. The monoisotopic (exact) mass is 436 g/mol. The van der Waals surface area contributed by atoms with E-state index in [0.29, 0.717) is 0 Å². The molecule has 5 nitrogen and oxygen atoms in total. The molecule has 2 N–H and O–H groups in total. The molecule has 1 aliphatic rings. The number of nitrogens with one attached hydrogen (secondary N) is 1. The van der Waals surface area contributed by atoms with Crippen LogP contribution < -0.4 is 5.32 Å². The Labute approximate surface area is 192 Å². The van der Waals surface area contributed by atoms with Crippen molar-refractivity contribution in [1.29, 1.82) is 0 Å². The fourth-order valence-electron chi connectivity index (χ4n) is 3.87. The maximum Gasteiger partial charge on any atom is 0.328 e. The van der Waals surface area contributed by atoms with Gasteiger partial charge in [-0.2, -0.15) is 0 Å². The summed E-state index contributed by atoms with van der Waals surface area (Å²) in [5, 5.41) is 11.5. The van der Waals surface area contributed by atoms with Crippen LogP contribution in [-0.2, 0) is 9.59 Å². The number of piperidine rings is 1. The van der Waals surface area contributed by atoms with E-state index >= 15 is 0 Å². The second kappa shape index (κ2) is 13.5. The van der Waals surface area contributed by atoms with Crippen LogP contribution in [-0.4, -0.2) is 41.0 Å². The Bertz CT molecular complexity index is 873. The lowest BCUT2D eigenvalue weighted by Gasteiger charge is -2.34. The molecule has 5 heteroatoms. The van der Waals surface area contributed by atoms with E-state index in [-0.39, 0.29) is 11.9 Å². The smallest absolute Gasteiger partial charge is 0.328 e. The predicted molar refractivity (Wildman–Crippen MR) is 132 cm³/mol. The molecule has 1 aliphatic heterocycles. The number of carboxylic acids is 1. The van der Waals surface area contributed by atoms with Crippen LogP contribution in [0, 0.1) is 13.8 Å². The van der Waals surface area contributed by atoms with Crippen molar-refractivity contribution < 1.29 is 14.7 Å². The summed E-state index contributed by atoms with van der Waals surface area (Å²) in [7, 11) is 0. The Morgan fingerprint density at radius 3 is 2.38 bits per heavy atom. The minimum Gasteiger partial charge on any atom is -0.478 e. The van der Waals surface area contributed by atoms with Crippen molar-refractivity contribution in [1.82, 2.24) is 4.90 Å². The number of carbonyl (C=O) groups is 2. The molecule has 2 aromatic carbocycles. The van der Waals surface area contributed by atoms with Crippen molar-refractivity contribution in [3.63, 3.8) is 0 Å². The topological polar surface area (TPSA) is 69.6 Å². The highest BCUT2D eigenvalue weighted by atomic mass is 16.4.